The summed E-state index contributed by atoms with van der Waals surface area (Å²) in [7, 11) is -4.38. The number of nitrogens with zero attached hydrogens (tertiary/aromatic N) is 1. The second-order valence-electron chi connectivity index (χ2n) is 2.75. The van der Waals surface area contributed by atoms with E-state index in [1.807, 2.05) is 0 Å². The zero-order chi connectivity index (χ0) is 11.1. The van der Waals surface area contributed by atoms with Crippen LogP contribution in [-0.2, 0) is 4.57 Å². The van der Waals surface area contributed by atoms with Crippen LogP contribution in [0.4, 0.5) is 6.01 Å². The first-order valence-corrected chi connectivity index (χ1v) is 5.44. The van der Waals surface area contributed by atoms with Crippen LogP contribution in [0.25, 0.3) is 11.5 Å². The molecular formula is C7H7N2O5P. The number of oxazole rings is 1. The van der Waals surface area contributed by atoms with E-state index >= 15 is 0 Å². The third-order valence-corrected chi connectivity index (χ3v) is 2.69. The van der Waals surface area contributed by atoms with Crippen molar-refractivity contribution < 1.29 is 23.2 Å². The number of aromatic nitrogens is 1. The van der Waals surface area contributed by atoms with Crippen LogP contribution < -0.4 is 11.0 Å². The molecule has 2 rings (SSSR count). The molecule has 80 valence electrons. The van der Waals surface area contributed by atoms with Gasteiger partial charge in [-0.2, -0.15) is 4.98 Å². The molecule has 4 N–H and O–H groups in total. The molecule has 0 radical (unpaired) electrons. The van der Waals surface area contributed by atoms with Crippen molar-refractivity contribution in [3.8, 4) is 11.5 Å². The molecule has 2 aromatic rings. The van der Waals surface area contributed by atoms with Crippen LogP contribution in [0.2, 0.25) is 0 Å². The quantitative estimate of drug-likeness (QED) is 0.634. The Morgan fingerprint density at radius 1 is 1.40 bits per heavy atom. The van der Waals surface area contributed by atoms with E-state index in [0.29, 0.717) is 0 Å². The van der Waals surface area contributed by atoms with Crippen LogP contribution in [-0.4, -0.2) is 14.8 Å². The summed E-state index contributed by atoms with van der Waals surface area (Å²) in [5, 5.41) is -0.240. The molecule has 0 aliphatic heterocycles. The maximum absolute atomic E-state index is 11.0. The average Bonchev–Trinajstić information content (AvgIpc) is 2.68. The van der Waals surface area contributed by atoms with Crippen molar-refractivity contribution >= 4 is 18.9 Å². The van der Waals surface area contributed by atoms with Gasteiger partial charge in [0.2, 0.25) is 0 Å². The molecule has 0 fully saturated rings. The van der Waals surface area contributed by atoms with Crippen molar-refractivity contribution in [1.82, 2.24) is 4.98 Å². The molecular weight excluding hydrogens is 223 g/mol. The normalized spacial score (nSPS) is 11.9. The van der Waals surface area contributed by atoms with E-state index in [0.717, 1.165) is 12.5 Å². The van der Waals surface area contributed by atoms with Crippen molar-refractivity contribution in [1.29, 1.82) is 0 Å². The Hall–Kier alpha value is -1.56. The maximum Gasteiger partial charge on any atom is 0.360 e. The molecule has 0 aliphatic carbocycles. The van der Waals surface area contributed by atoms with Gasteiger partial charge in [0, 0.05) is 0 Å². The van der Waals surface area contributed by atoms with E-state index in [9.17, 15) is 4.57 Å². The zero-order valence-corrected chi connectivity index (χ0v) is 8.22. The van der Waals surface area contributed by atoms with Gasteiger partial charge in [-0.3, -0.25) is 4.57 Å². The summed E-state index contributed by atoms with van der Waals surface area (Å²) in [6, 6.07) is 1.08. The first-order valence-electron chi connectivity index (χ1n) is 3.83. The Bertz CT molecular complexity index is 525. The largest absolute Gasteiger partial charge is 0.462 e. The van der Waals surface area contributed by atoms with Crippen molar-refractivity contribution in [2.45, 2.75) is 0 Å². The van der Waals surface area contributed by atoms with Crippen LogP contribution in [0, 0.1) is 0 Å². The van der Waals surface area contributed by atoms with Crippen LogP contribution in [0.15, 0.2) is 27.4 Å². The topological polar surface area (TPSA) is 123 Å². The van der Waals surface area contributed by atoms with Crippen LogP contribution in [0.1, 0.15) is 0 Å². The molecule has 2 aromatic heterocycles. The van der Waals surface area contributed by atoms with E-state index in [1.54, 1.807) is 0 Å². The average molecular weight is 230 g/mol. The molecule has 15 heavy (non-hydrogen) atoms. The van der Waals surface area contributed by atoms with Gasteiger partial charge in [0.25, 0.3) is 6.01 Å². The highest BCUT2D eigenvalue weighted by atomic mass is 31.2. The summed E-state index contributed by atoms with van der Waals surface area (Å²) in [6.45, 7) is 0. The summed E-state index contributed by atoms with van der Waals surface area (Å²) in [5.41, 5.74) is 5.38. The van der Waals surface area contributed by atoms with Gasteiger partial charge in [-0.05, 0) is 6.07 Å². The molecule has 0 aromatic carbocycles. The Morgan fingerprint density at radius 2 is 2.13 bits per heavy atom. The zero-order valence-electron chi connectivity index (χ0n) is 7.32. The first-order chi connectivity index (χ1) is 6.98. The molecule has 0 saturated heterocycles. The third-order valence-electron chi connectivity index (χ3n) is 1.71. The Labute approximate surface area is 83.7 Å². The Morgan fingerprint density at radius 3 is 2.67 bits per heavy atom. The third kappa shape index (κ3) is 1.80. The van der Waals surface area contributed by atoms with Gasteiger partial charge in [0.1, 0.15) is 17.3 Å². The molecule has 0 spiro atoms. The lowest BCUT2D eigenvalue weighted by Gasteiger charge is -2.00. The fourth-order valence-electron chi connectivity index (χ4n) is 1.12. The molecule has 2 heterocycles. The van der Waals surface area contributed by atoms with Crippen LogP contribution >= 0.6 is 7.60 Å². The second-order valence-corrected chi connectivity index (χ2v) is 4.32. The van der Waals surface area contributed by atoms with Gasteiger partial charge in [-0.1, -0.05) is 0 Å². The second kappa shape index (κ2) is 3.23. The lowest BCUT2D eigenvalue weighted by Crippen LogP contribution is -2.03. The molecule has 0 atom stereocenters. The number of hydrogen-bond donors (Lipinski definition) is 3. The van der Waals surface area contributed by atoms with Gasteiger partial charge in [-0.15, -0.1) is 0 Å². The smallest absolute Gasteiger partial charge is 0.360 e. The van der Waals surface area contributed by atoms with Crippen LogP contribution in [0.5, 0.6) is 0 Å². The van der Waals surface area contributed by atoms with Gasteiger partial charge < -0.3 is 24.4 Å². The Balaban J connectivity index is 2.55. The van der Waals surface area contributed by atoms with E-state index < -0.39 is 7.60 Å². The lowest BCUT2D eigenvalue weighted by molar-refractivity contribution is 0.387. The number of anilines is 1. The number of furan rings is 1. The fraction of sp³-hybridized carbons (Fsp3) is 0. The van der Waals surface area contributed by atoms with Gasteiger partial charge in [0.05, 0.1) is 6.26 Å². The van der Waals surface area contributed by atoms with Gasteiger partial charge >= 0.3 is 7.60 Å². The van der Waals surface area contributed by atoms with Crippen molar-refractivity contribution in [3.05, 3.63) is 18.6 Å². The van der Waals surface area contributed by atoms with E-state index in [-0.39, 0.29) is 22.8 Å². The summed E-state index contributed by atoms with van der Waals surface area (Å²) in [6.07, 6.45) is 2.32. The summed E-state index contributed by atoms with van der Waals surface area (Å²) < 4.78 is 20.7. The predicted molar refractivity (Wildman–Crippen MR) is 50.3 cm³/mol. The highest BCUT2D eigenvalue weighted by Gasteiger charge is 2.26. The van der Waals surface area contributed by atoms with Crippen molar-refractivity contribution in [2.75, 3.05) is 5.73 Å². The number of nitrogens with two attached hydrogens (primary N) is 1. The van der Waals surface area contributed by atoms with Crippen LogP contribution in [0.3, 0.4) is 0 Å². The minimum Gasteiger partial charge on any atom is -0.462 e. The highest BCUT2D eigenvalue weighted by molar-refractivity contribution is 7.60. The highest BCUT2D eigenvalue weighted by Crippen LogP contribution is 2.38. The van der Waals surface area contributed by atoms with Gasteiger partial charge in [-0.25, -0.2) is 0 Å². The minimum atomic E-state index is -4.38. The lowest BCUT2D eigenvalue weighted by atomic mass is 10.4. The maximum atomic E-state index is 11.0. The molecule has 0 unspecified atom stereocenters. The summed E-state index contributed by atoms with van der Waals surface area (Å²) in [5.74, 6) is -0.0382. The molecule has 0 aliphatic rings. The fourth-order valence-corrected chi connectivity index (χ4v) is 1.80. The monoisotopic (exact) mass is 230 g/mol. The van der Waals surface area contributed by atoms with E-state index in [4.69, 9.17) is 24.4 Å². The predicted octanol–water partition coefficient (Wildman–Crippen LogP) is 0.320. The number of nitrogen functional groups attached to an aromatic ring is 1. The summed E-state index contributed by atoms with van der Waals surface area (Å²) >= 11 is 0. The first kappa shape index (κ1) is 9.97. The minimum absolute atomic E-state index is 0.0382. The van der Waals surface area contributed by atoms with Crippen molar-refractivity contribution in [2.24, 2.45) is 0 Å². The standard InChI is InChI=1S/C7H7N2O5P/c8-7-9-4(3-14-7)6-5(1-2-13-6)15(10,11)12/h1-3H,(H2,8,9)(H2,10,11,12). The molecule has 7 nitrogen and oxygen atoms in total. The molecule has 0 saturated carbocycles. The SMILES string of the molecule is Nc1nc(-c2occc2P(=O)(O)O)co1. The summed E-state index contributed by atoms with van der Waals surface area (Å²) in [4.78, 5) is 21.7. The Kier molecular flexibility index (Phi) is 2.15. The van der Waals surface area contributed by atoms with Crippen molar-refractivity contribution in [3.63, 3.8) is 0 Å². The van der Waals surface area contributed by atoms with E-state index in [1.165, 1.54) is 6.07 Å². The molecule has 0 bridgehead atoms. The van der Waals surface area contributed by atoms with E-state index in [2.05, 4.69) is 4.98 Å². The molecule has 8 heteroatoms. The number of hydrogen-bond acceptors (Lipinski definition) is 5. The number of rotatable bonds is 2. The molecule has 0 amide bonds. The van der Waals surface area contributed by atoms with Gasteiger partial charge in [0.15, 0.2) is 5.76 Å².